The maximum absolute atomic E-state index is 8.96. The second-order valence-corrected chi connectivity index (χ2v) is 4.39. The molecule has 0 atom stereocenters. The molecule has 0 unspecified atom stereocenters. The molecule has 3 nitrogen and oxygen atoms in total. The van der Waals surface area contributed by atoms with Crippen LogP contribution in [0.5, 0.6) is 0 Å². The summed E-state index contributed by atoms with van der Waals surface area (Å²) in [7, 11) is 0. The average Bonchev–Trinajstić information content (AvgIpc) is 2.18. The number of nitrogens with two attached hydrogens (primary N) is 1. The van der Waals surface area contributed by atoms with E-state index >= 15 is 0 Å². The molecule has 1 rings (SSSR count). The summed E-state index contributed by atoms with van der Waals surface area (Å²) in [6, 6.07) is 7.40. The van der Waals surface area contributed by atoms with Gasteiger partial charge in [-0.15, -0.1) is 0 Å². The lowest BCUT2D eigenvalue weighted by Crippen LogP contribution is -2.39. The molecule has 0 bridgehead atoms. The highest BCUT2D eigenvalue weighted by atomic mass is 35.5. The molecule has 4 heteroatoms. The summed E-state index contributed by atoms with van der Waals surface area (Å²) in [4.78, 5) is 0. The van der Waals surface area contributed by atoms with Gasteiger partial charge in [0.2, 0.25) is 0 Å². The molecule has 3 N–H and O–H groups in total. The molecule has 0 amide bonds. The molecule has 0 spiro atoms. The van der Waals surface area contributed by atoms with E-state index in [1.54, 1.807) is 12.1 Å². The van der Waals surface area contributed by atoms with Crippen molar-refractivity contribution in [2.24, 2.45) is 5.73 Å². The molecule has 0 fully saturated rings. The largest absolute Gasteiger partial charge is 0.378 e. The van der Waals surface area contributed by atoms with Gasteiger partial charge in [0.05, 0.1) is 16.3 Å². The van der Waals surface area contributed by atoms with Gasteiger partial charge >= 0.3 is 0 Å². The van der Waals surface area contributed by atoms with Gasteiger partial charge in [-0.2, -0.15) is 5.26 Å². The average molecular weight is 224 g/mol. The van der Waals surface area contributed by atoms with E-state index in [1.807, 2.05) is 19.9 Å². The van der Waals surface area contributed by atoms with Gasteiger partial charge in [0, 0.05) is 12.1 Å². The van der Waals surface area contributed by atoms with E-state index in [4.69, 9.17) is 22.6 Å². The van der Waals surface area contributed by atoms with E-state index in [0.717, 1.165) is 5.69 Å². The minimum absolute atomic E-state index is 0.254. The molecule has 80 valence electrons. The van der Waals surface area contributed by atoms with Gasteiger partial charge in [0.25, 0.3) is 0 Å². The first-order chi connectivity index (χ1) is 7.00. The highest BCUT2D eigenvalue weighted by molar-refractivity contribution is 6.32. The van der Waals surface area contributed by atoms with Crippen LogP contribution in [-0.2, 0) is 0 Å². The van der Waals surface area contributed by atoms with Gasteiger partial charge in [-0.25, -0.2) is 0 Å². The Kier molecular flexibility index (Phi) is 3.57. The molecule has 0 aliphatic heterocycles. The summed E-state index contributed by atoms with van der Waals surface area (Å²) < 4.78 is 0. The predicted octanol–water partition coefficient (Wildman–Crippen LogP) is 2.36. The van der Waals surface area contributed by atoms with E-state index in [2.05, 4.69) is 11.4 Å². The second kappa shape index (κ2) is 4.52. The zero-order chi connectivity index (χ0) is 11.5. The van der Waals surface area contributed by atoms with E-state index < -0.39 is 0 Å². The van der Waals surface area contributed by atoms with Crippen LogP contribution in [0.15, 0.2) is 18.2 Å². The Balaban J connectivity index is 3.06. The van der Waals surface area contributed by atoms with Gasteiger partial charge in [-0.3, -0.25) is 0 Å². The van der Waals surface area contributed by atoms with Crippen molar-refractivity contribution in [3.05, 3.63) is 28.8 Å². The van der Waals surface area contributed by atoms with Crippen molar-refractivity contribution in [1.82, 2.24) is 0 Å². The van der Waals surface area contributed by atoms with Crippen molar-refractivity contribution in [2.75, 3.05) is 11.9 Å². The molecule has 0 heterocycles. The minimum atomic E-state index is -0.254. The topological polar surface area (TPSA) is 61.8 Å². The molecule has 0 radical (unpaired) electrons. The first kappa shape index (κ1) is 11.8. The fourth-order valence-electron chi connectivity index (χ4n) is 1.16. The van der Waals surface area contributed by atoms with Crippen LogP contribution in [-0.4, -0.2) is 12.1 Å². The van der Waals surface area contributed by atoms with Crippen molar-refractivity contribution in [3.8, 4) is 6.07 Å². The molecule has 0 aliphatic rings. The first-order valence-electron chi connectivity index (χ1n) is 4.67. The maximum atomic E-state index is 8.96. The van der Waals surface area contributed by atoms with Crippen LogP contribution in [0, 0.1) is 11.3 Å². The van der Waals surface area contributed by atoms with Crippen LogP contribution in [0.25, 0.3) is 0 Å². The lowest BCUT2D eigenvalue weighted by Gasteiger charge is -2.26. The standard InChI is InChI=1S/C11H14ClN3/c1-11(2,7-14)15-10-5-3-4-9(12)8(10)6-13/h3-5,15H,7,14H2,1-2H3. The molecule has 0 aromatic heterocycles. The third-order valence-electron chi connectivity index (χ3n) is 2.11. The van der Waals surface area contributed by atoms with Gasteiger partial charge in [0.1, 0.15) is 6.07 Å². The second-order valence-electron chi connectivity index (χ2n) is 3.99. The van der Waals surface area contributed by atoms with Crippen LogP contribution < -0.4 is 11.1 Å². The Morgan fingerprint density at radius 2 is 2.20 bits per heavy atom. The number of nitriles is 1. The van der Waals surface area contributed by atoms with Gasteiger partial charge in [-0.1, -0.05) is 17.7 Å². The summed E-state index contributed by atoms with van der Waals surface area (Å²) in [6.45, 7) is 4.41. The maximum Gasteiger partial charge on any atom is 0.103 e. The number of hydrogen-bond donors (Lipinski definition) is 2. The molecule has 1 aromatic carbocycles. The van der Waals surface area contributed by atoms with Crippen molar-refractivity contribution in [3.63, 3.8) is 0 Å². The Bertz CT molecular complexity index is 393. The van der Waals surface area contributed by atoms with E-state index in [-0.39, 0.29) is 5.54 Å². The quantitative estimate of drug-likeness (QED) is 0.827. The smallest absolute Gasteiger partial charge is 0.103 e. The van der Waals surface area contributed by atoms with Gasteiger partial charge < -0.3 is 11.1 Å². The monoisotopic (exact) mass is 223 g/mol. The Hall–Kier alpha value is -1.24. The summed E-state index contributed by atoms with van der Waals surface area (Å²) in [6.07, 6.45) is 0. The number of hydrogen-bond acceptors (Lipinski definition) is 3. The van der Waals surface area contributed by atoms with Crippen LogP contribution >= 0.6 is 11.6 Å². The van der Waals surface area contributed by atoms with Crippen LogP contribution in [0.4, 0.5) is 5.69 Å². The molecular weight excluding hydrogens is 210 g/mol. The Morgan fingerprint density at radius 1 is 1.53 bits per heavy atom. The lowest BCUT2D eigenvalue weighted by atomic mass is 10.0. The Morgan fingerprint density at radius 3 is 2.73 bits per heavy atom. The summed E-state index contributed by atoms with van der Waals surface area (Å²) in [5.74, 6) is 0. The molecule has 15 heavy (non-hydrogen) atoms. The number of nitrogens with one attached hydrogen (secondary N) is 1. The molecular formula is C11H14ClN3. The number of nitrogens with zero attached hydrogens (tertiary/aromatic N) is 1. The summed E-state index contributed by atoms with van der Waals surface area (Å²) in [5.41, 5.74) is 6.53. The lowest BCUT2D eigenvalue weighted by molar-refractivity contribution is 0.580. The summed E-state index contributed by atoms with van der Waals surface area (Å²) >= 11 is 5.91. The van der Waals surface area contributed by atoms with Crippen molar-refractivity contribution in [2.45, 2.75) is 19.4 Å². The van der Waals surface area contributed by atoms with Crippen molar-refractivity contribution < 1.29 is 0 Å². The fraction of sp³-hybridized carbons (Fsp3) is 0.364. The number of halogens is 1. The number of benzene rings is 1. The Labute approximate surface area is 94.8 Å². The first-order valence-corrected chi connectivity index (χ1v) is 5.05. The third-order valence-corrected chi connectivity index (χ3v) is 2.42. The third kappa shape index (κ3) is 2.85. The van der Waals surface area contributed by atoms with Crippen LogP contribution in [0.3, 0.4) is 0 Å². The predicted molar refractivity (Wildman–Crippen MR) is 62.9 cm³/mol. The highest BCUT2D eigenvalue weighted by Crippen LogP contribution is 2.25. The normalized spacial score (nSPS) is 10.9. The molecule has 1 aromatic rings. The van der Waals surface area contributed by atoms with Crippen LogP contribution in [0.2, 0.25) is 5.02 Å². The van der Waals surface area contributed by atoms with E-state index in [9.17, 15) is 0 Å². The molecule has 0 saturated heterocycles. The molecule has 0 aliphatic carbocycles. The number of anilines is 1. The van der Waals surface area contributed by atoms with Gasteiger partial charge in [0.15, 0.2) is 0 Å². The minimum Gasteiger partial charge on any atom is -0.378 e. The van der Waals surface area contributed by atoms with Crippen molar-refractivity contribution >= 4 is 17.3 Å². The summed E-state index contributed by atoms with van der Waals surface area (Å²) in [5, 5.41) is 12.6. The zero-order valence-electron chi connectivity index (χ0n) is 8.84. The molecule has 0 saturated carbocycles. The highest BCUT2D eigenvalue weighted by Gasteiger charge is 2.17. The van der Waals surface area contributed by atoms with E-state index in [1.165, 1.54) is 0 Å². The van der Waals surface area contributed by atoms with Gasteiger partial charge in [-0.05, 0) is 26.0 Å². The fourth-order valence-corrected chi connectivity index (χ4v) is 1.37. The number of rotatable bonds is 3. The van der Waals surface area contributed by atoms with E-state index in [0.29, 0.717) is 17.1 Å². The SMILES string of the molecule is CC(C)(CN)Nc1cccc(Cl)c1C#N. The van der Waals surface area contributed by atoms with Crippen molar-refractivity contribution in [1.29, 1.82) is 5.26 Å². The van der Waals surface area contributed by atoms with Crippen LogP contribution in [0.1, 0.15) is 19.4 Å². The zero-order valence-corrected chi connectivity index (χ0v) is 9.60.